The highest BCUT2D eigenvalue weighted by atomic mass is 19.4. The van der Waals surface area contributed by atoms with E-state index in [2.05, 4.69) is 0 Å². The molecule has 55 heavy (non-hydrogen) atoms. The maximum atomic E-state index is 14.1. The lowest BCUT2D eigenvalue weighted by Gasteiger charge is -2.30. The minimum atomic E-state index is -4.89. The lowest BCUT2D eigenvalue weighted by molar-refractivity contribution is -0.139. The minimum Gasteiger partial charge on any atom is -0.454 e. The van der Waals surface area contributed by atoms with Crippen LogP contribution < -0.4 is 36.3 Å². The van der Waals surface area contributed by atoms with E-state index in [1.807, 2.05) is 0 Å². The van der Waals surface area contributed by atoms with Crippen molar-refractivity contribution < 1.29 is 53.7 Å². The van der Waals surface area contributed by atoms with Crippen molar-refractivity contribution in [1.82, 2.24) is 0 Å². The molecular formula is C39H27F9N4O3. The lowest BCUT2D eigenvalue weighted by Crippen LogP contribution is -2.15. The highest BCUT2D eigenvalue weighted by Crippen LogP contribution is 2.51. The number of ether oxygens (including phenoxy) is 3. The van der Waals surface area contributed by atoms with Crippen LogP contribution in [0.4, 0.5) is 73.6 Å². The zero-order valence-corrected chi connectivity index (χ0v) is 27.9. The maximum Gasteiger partial charge on any atom is 0.419 e. The van der Waals surface area contributed by atoms with Crippen molar-refractivity contribution >= 4 is 34.1 Å². The number of benzene rings is 6. The molecule has 0 spiro atoms. The summed E-state index contributed by atoms with van der Waals surface area (Å²) in [5.74, 6) is -2.83. The minimum absolute atomic E-state index is 0.0580. The van der Waals surface area contributed by atoms with Crippen molar-refractivity contribution in [3.05, 3.63) is 144 Å². The lowest BCUT2D eigenvalue weighted by atomic mass is 10.1. The molecule has 0 saturated carbocycles. The van der Waals surface area contributed by atoms with E-state index in [0.29, 0.717) is 0 Å². The first-order valence-corrected chi connectivity index (χ1v) is 15.9. The summed E-state index contributed by atoms with van der Waals surface area (Å²) in [7, 11) is 0. The van der Waals surface area contributed by atoms with E-state index in [-0.39, 0.29) is 51.4 Å². The number of hydrogen-bond donors (Lipinski definition) is 3. The zero-order valence-electron chi connectivity index (χ0n) is 27.9. The number of nitrogens with two attached hydrogens (primary N) is 3. The Morgan fingerprint density at radius 2 is 0.600 bits per heavy atom. The summed E-state index contributed by atoms with van der Waals surface area (Å²) in [4.78, 5) is 1.28. The van der Waals surface area contributed by atoms with Crippen LogP contribution in [0, 0.1) is 0 Å². The first kappa shape index (κ1) is 38.0. The van der Waals surface area contributed by atoms with E-state index >= 15 is 0 Å². The van der Waals surface area contributed by atoms with Crippen LogP contribution in [0.25, 0.3) is 0 Å². The molecule has 6 rings (SSSR count). The third kappa shape index (κ3) is 8.43. The molecule has 0 aliphatic heterocycles. The molecule has 7 nitrogen and oxygen atoms in total. The van der Waals surface area contributed by atoms with Crippen molar-refractivity contribution in [2.75, 3.05) is 22.1 Å². The molecule has 0 fully saturated rings. The number of para-hydroxylation sites is 6. The average molecular weight is 771 g/mol. The van der Waals surface area contributed by atoms with E-state index < -0.39 is 52.5 Å². The van der Waals surface area contributed by atoms with Crippen LogP contribution in [0.1, 0.15) is 16.7 Å². The van der Waals surface area contributed by atoms with Gasteiger partial charge >= 0.3 is 18.5 Å². The van der Waals surface area contributed by atoms with Crippen LogP contribution in [0.5, 0.6) is 34.5 Å². The van der Waals surface area contributed by atoms with Gasteiger partial charge in [0, 0.05) is 35.3 Å². The van der Waals surface area contributed by atoms with Gasteiger partial charge in [0.1, 0.15) is 17.2 Å². The normalized spacial score (nSPS) is 11.9. The smallest absolute Gasteiger partial charge is 0.419 e. The Morgan fingerprint density at radius 3 is 0.855 bits per heavy atom. The van der Waals surface area contributed by atoms with Gasteiger partial charge in [-0.15, -0.1) is 0 Å². The molecule has 6 aromatic rings. The van der Waals surface area contributed by atoms with E-state index in [9.17, 15) is 39.5 Å². The predicted molar refractivity (Wildman–Crippen MR) is 189 cm³/mol. The molecule has 0 heterocycles. The van der Waals surface area contributed by atoms with Crippen LogP contribution in [-0.4, -0.2) is 0 Å². The maximum absolute atomic E-state index is 14.1. The van der Waals surface area contributed by atoms with Gasteiger partial charge in [0.05, 0.1) is 33.8 Å². The number of nitrogens with zero attached hydrogens (tertiary/aromatic N) is 1. The highest BCUT2D eigenvalue weighted by Gasteiger charge is 2.38. The Balaban J connectivity index is 1.59. The third-order valence-electron chi connectivity index (χ3n) is 7.91. The molecule has 0 saturated heterocycles. The summed E-state index contributed by atoms with van der Waals surface area (Å²) >= 11 is 0. The summed E-state index contributed by atoms with van der Waals surface area (Å²) in [6.07, 6.45) is -14.7. The zero-order chi connectivity index (χ0) is 39.7. The van der Waals surface area contributed by atoms with Gasteiger partial charge in [-0.25, -0.2) is 0 Å². The molecule has 0 aromatic heterocycles. The molecular weight excluding hydrogens is 743 g/mol. The van der Waals surface area contributed by atoms with Crippen molar-refractivity contribution in [1.29, 1.82) is 0 Å². The average Bonchev–Trinajstić information content (AvgIpc) is 3.09. The van der Waals surface area contributed by atoms with Crippen LogP contribution in [-0.2, 0) is 18.5 Å². The van der Waals surface area contributed by atoms with Crippen molar-refractivity contribution in [2.24, 2.45) is 0 Å². The molecule has 0 amide bonds. The molecule has 6 aromatic carbocycles. The number of rotatable bonds is 9. The first-order valence-electron chi connectivity index (χ1n) is 15.9. The monoisotopic (exact) mass is 770 g/mol. The fraction of sp³-hybridized carbons (Fsp3) is 0.0769. The third-order valence-corrected chi connectivity index (χ3v) is 7.91. The van der Waals surface area contributed by atoms with E-state index in [0.717, 1.165) is 54.6 Å². The first-order chi connectivity index (χ1) is 25.9. The molecule has 0 unspecified atom stereocenters. The molecule has 0 atom stereocenters. The van der Waals surface area contributed by atoms with Crippen LogP contribution in [0.15, 0.2) is 127 Å². The van der Waals surface area contributed by atoms with Gasteiger partial charge in [0.15, 0.2) is 17.2 Å². The highest BCUT2D eigenvalue weighted by molar-refractivity contribution is 5.86. The van der Waals surface area contributed by atoms with E-state index in [1.54, 1.807) is 0 Å². The number of hydrogen-bond acceptors (Lipinski definition) is 7. The standard InChI is InChI=1S/C39H27F9N4O3/c40-37(41,42)25-16-13-22(49)19-34(25)53-31-10-4-1-7-28(31)52(29-8-2-5-11-32(29)54-35-20-23(50)14-17-26(35)38(43,44)45)30-9-3-6-12-33(30)55-36-21-24(51)15-18-27(36)39(46,47)48/h1-21H,49-51H2. The fourth-order valence-corrected chi connectivity index (χ4v) is 5.50. The van der Waals surface area contributed by atoms with Crippen LogP contribution >= 0.6 is 0 Å². The van der Waals surface area contributed by atoms with Gasteiger partial charge < -0.3 is 31.4 Å². The van der Waals surface area contributed by atoms with Gasteiger partial charge in [0.2, 0.25) is 0 Å². The number of nitrogen functional groups attached to an aromatic ring is 3. The van der Waals surface area contributed by atoms with Gasteiger partial charge in [-0.05, 0) is 72.8 Å². The summed E-state index contributed by atoms with van der Waals surface area (Å²) in [5, 5.41) is 0. The SMILES string of the molecule is Nc1ccc(C(F)(F)F)c(Oc2ccccc2N(c2ccccc2Oc2cc(N)ccc2C(F)(F)F)c2ccccc2Oc2cc(N)ccc2C(F)(F)F)c1. The summed E-state index contributed by atoms with van der Waals surface area (Å²) in [6.45, 7) is 0. The molecule has 0 aliphatic carbocycles. The van der Waals surface area contributed by atoms with Gasteiger partial charge in [0.25, 0.3) is 0 Å². The Morgan fingerprint density at radius 1 is 0.345 bits per heavy atom. The van der Waals surface area contributed by atoms with Crippen LogP contribution in [0.2, 0.25) is 0 Å². The van der Waals surface area contributed by atoms with Crippen LogP contribution in [0.3, 0.4) is 0 Å². The largest absolute Gasteiger partial charge is 0.454 e. The second-order valence-corrected chi connectivity index (χ2v) is 11.8. The molecule has 0 radical (unpaired) electrons. The molecule has 284 valence electrons. The molecule has 0 bridgehead atoms. The molecule has 6 N–H and O–H groups in total. The summed E-state index contributed by atoms with van der Waals surface area (Å²) in [5.41, 5.74) is 13.6. The van der Waals surface area contributed by atoms with Crippen molar-refractivity contribution in [3.8, 4) is 34.5 Å². The Bertz CT molecular complexity index is 2090. The van der Waals surface area contributed by atoms with Gasteiger partial charge in [-0.2, -0.15) is 39.5 Å². The van der Waals surface area contributed by atoms with Crippen molar-refractivity contribution in [3.63, 3.8) is 0 Å². The topological polar surface area (TPSA) is 109 Å². The van der Waals surface area contributed by atoms with Gasteiger partial charge in [-0.1, -0.05) is 36.4 Å². The van der Waals surface area contributed by atoms with E-state index in [1.165, 1.54) is 77.7 Å². The fourth-order valence-electron chi connectivity index (χ4n) is 5.50. The number of alkyl halides is 9. The number of anilines is 6. The molecule has 16 heteroatoms. The molecule has 0 aliphatic rings. The second-order valence-electron chi connectivity index (χ2n) is 11.8. The quantitative estimate of drug-likeness (QED) is 0.0992. The number of halogens is 9. The predicted octanol–water partition coefficient (Wildman–Crippen LogP) is 12.3. The van der Waals surface area contributed by atoms with Crippen molar-refractivity contribution in [2.45, 2.75) is 18.5 Å². The van der Waals surface area contributed by atoms with Gasteiger partial charge in [-0.3, -0.25) is 4.90 Å². The Hall–Kier alpha value is -6.71. The summed E-state index contributed by atoms with van der Waals surface area (Å²) in [6, 6.07) is 25.0. The second kappa shape index (κ2) is 14.6. The Kier molecular flexibility index (Phi) is 10.1. The summed E-state index contributed by atoms with van der Waals surface area (Å²) < 4.78 is 145. The Labute approximate surface area is 306 Å². The van der Waals surface area contributed by atoms with E-state index in [4.69, 9.17) is 31.4 Å².